The first-order valence-corrected chi connectivity index (χ1v) is 8.75. The van der Waals surface area contributed by atoms with Gasteiger partial charge < -0.3 is 14.2 Å². The van der Waals surface area contributed by atoms with Crippen LogP contribution in [-0.2, 0) is 0 Å². The number of rotatable bonds is 7. The summed E-state index contributed by atoms with van der Waals surface area (Å²) >= 11 is 3.37. The van der Waals surface area contributed by atoms with E-state index in [-0.39, 0.29) is 12.0 Å². The minimum atomic E-state index is -0.370. The molecule has 1 amide bonds. The quantitative estimate of drug-likeness (QED) is 0.542. The van der Waals surface area contributed by atoms with Crippen LogP contribution in [-0.4, -0.2) is 32.4 Å². The van der Waals surface area contributed by atoms with E-state index >= 15 is 0 Å². The van der Waals surface area contributed by atoms with Crippen molar-refractivity contribution in [1.29, 1.82) is 0 Å². The van der Waals surface area contributed by atoms with Crippen LogP contribution in [0.4, 0.5) is 0 Å². The van der Waals surface area contributed by atoms with Crippen molar-refractivity contribution in [3.8, 4) is 17.2 Å². The van der Waals surface area contributed by atoms with Crippen LogP contribution in [0.3, 0.4) is 0 Å². The summed E-state index contributed by atoms with van der Waals surface area (Å²) in [4.78, 5) is 12.5. The third-order valence-corrected chi connectivity index (χ3v) is 3.85. The van der Waals surface area contributed by atoms with Crippen LogP contribution in [0.25, 0.3) is 0 Å². The van der Waals surface area contributed by atoms with E-state index in [0.29, 0.717) is 28.4 Å². The number of halogens is 1. The molecule has 0 aromatic heterocycles. The van der Waals surface area contributed by atoms with Gasteiger partial charge in [0.25, 0.3) is 5.91 Å². The Morgan fingerprint density at radius 3 is 2.54 bits per heavy atom. The number of benzene rings is 2. The molecule has 2 aromatic carbocycles. The summed E-state index contributed by atoms with van der Waals surface area (Å²) in [6.45, 7) is 3.80. The summed E-state index contributed by atoms with van der Waals surface area (Å²) in [7, 11) is 3.14. The van der Waals surface area contributed by atoms with Gasteiger partial charge in [0.2, 0.25) is 0 Å². The first kappa shape index (κ1) is 19.8. The molecular formula is C19H21BrN2O4. The predicted octanol–water partition coefficient (Wildman–Crippen LogP) is 4.02. The number of nitrogens with one attached hydrogen (secondary N) is 1. The molecule has 1 N–H and O–H groups in total. The molecule has 0 heterocycles. The highest BCUT2D eigenvalue weighted by molar-refractivity contribution is 9.10. The molecule has 0 saturated carbocycles. The normalized spacial score (nSPS) is 10.8. The van der Waals surface area contributed by atoms with Crippen LogP contribution in [0, 0.1) is 0 Å². The third-order valence-electron chi connectivity index (χ3n) is 3.36. The number of carbonyl (C=O) groups is 1. The van der Waals surface area contributed by atoms with Crippen molar-refractivity contribution in [3.63, 3.8) is 0 Å². The Kier molecular flexibility index (Phi) is 7.03. The van der Waals surface area contributed by atoms with Gasteiger partial charge in [0.1, 0.15) is 17.2 Å². The molecule has 0 saturated heterocycles. The average Bonchev–Trinajstić information content (AvgIpc) is 2.62. The fourth-order valence-electron chi connectivity index (χ4n) is 2.18. The van der Waals surface area contributed by atoms with Crippen molar-refractivity contribution in [3.05, 3.63) is 52.0 Å². The second-order valence-electron chi connectivity index (χ2n) is 5.61. The zero-order chi connectivity index (χ0) is 19.1. The van der Waals surface area contributed by atoms with Crippen LogP contribution >= 0.6 is 15.9 Å². The fraction of sp³-hybridized carbons (Fsp3) is 0.263. The van der Waals surface area contributed by atoms with E-state index in [0.717, 1.165) is 4.47 Å². The van der Waals surface area contributed by atoms with Gasteiger partial charge in [-0.1, -0.05) is 15.9 Å². The maximum absolute atomic E-state index is 12.5. The van der Waals surface area contributed by atoms with Gasteiger partial charge in [-0.2, -0.15) is 5.10 Å². The van der Waals surface area contributed by atoms with Crippen LogP contribution in [0.5, 0.6) is 17.2 Å². The summed E-state index contributed by atoms with van der Waals surface area (Å²) in [5.41, 5.74) is 3.62. The summed E-state index contributed by atoms with van der Waals surface area (Å²) in [5.74, 6) is 1.39. The van der Waals surface area contributed by atoms with Gasteiger partial charge >= 0.3 is 0 Å². The highest BCUT2D eigenvalue weighted by Crippen LogP contribution is 2.25. The summed E-state index contributed by atoms with van der Waals surface area (Å²) in [6, 6.07) is 10.6. The van der Waals surface area contributed by atoms with Crippen LogP contribution < -0.4 is 19.6 Å². The number of carbonyl (C=O) groups excluding carboxylic acids is 1. The molecule has 0 aliphatic rings. The van der Waals surface area contributed by atoms with Gasteiger partial charge in [-0.15, -0.1) is 0 Å². The number of amides is 1. The summed E-state index contributed by atoms with van der Waals surface area (Å²) in [5, 5.41) is 4.02. The van der Waals surface area contributed by atoms with Gasteiger partial charge in [0, 0.05) is 16.1 Å². The molecule has 138 valence electrons. The third kappa shape index (κ3) is 5.23. The fourth-order valence-corrected chi connectivity index (χ4v) is 2.54. The summed E-state index contributed by atoms with van der Waals surface area (Å²) in [6.07, 6.45) is 1.46. The average molecular weight is 421 g/mol. The monoisotopic (exact) mass is 420 g/mol. The number of hydrogen-bond donors (Lipinski definition) is 1. The molecule has 2 rings (SSSR count). The Morgan fingerprint density at radius 2 is 1.88 bits per heavy atom. The smallest absolute Gasteiger partial charge is 0.275 e. The zero-order valence-electron chi connectivity index (χ0n) is 15.1. The zero-order valence-corrected chi connectivity index (χ0v) is 16.7. The first-order valence-electron chi connectivity index (χ1n) is 7.96. The number of hydrogen-bond acceptors (Lipinski definition) is 5. The Bertz CT molecular complexity index is 806. The van der Waals surface area contributed by atoms with Crippen molar-refractivity contribution in [2.24, 2.45) is 5.10 Å². The minimum absolute atomic E-state index is 0.0465. The van der Waals surface area contributed by atoms with Gasteiger partial charge in [-0.25, -0.2) is 5.43 Å². The minimum Gasteiger partial charge on any atom is -0.497 e. The largest absolute Gasteiger partial charge is 0.497 e. The van der Waals surface area contributed by atoms with Crippen molar-refractivity contribution in [2.75, 3.05) is 14.2 Å². The highest BCUT2D eigenvalue weighted by atomic mass is 79.9. The molecular weight excluding hydrogens is 400 g/mol. The number of nitrogens with zero attached hydrogens (tertiary/aromatic N) is 1. The van der Waals surface area contributed by atoms with Crippen LogP contribution in [0.15, 0.2) is 46.0 Å². The molecule has 2 aromatic rings. The predicted molar refractivity (Wildman–Crippen MR) is 105 cm³/mol. The molecule has 0 spiro atoms. The van der Waals surface area contributed by atoms with E-state index in [1.807, 2.05) is 19.9 Å². The molecule has 6 nitrogen and oxygen atoms in total. The Hall–Kier alpha value is -2.54. The Morgan fingerprint density at radius 1 is 1.12 bits per heavy atom. The van der Waals surface area contributed by atoms with Gasteiger partial charge in [-0.05, 0) is 44.2 Å². The SMILES string of the molecule is COc1ccc(/C=N\NC(=O)c2cc(Br)ccc2OC(C)C)c(OC)c1. The maximum atomic E-state index is 12.5. The van der Waals surface area contributed by atoms with Crippen molar-refractivity contribution in [1.82, 2.24) is 5.43 Å². The standard InChI is InChI=1S/C19H21BrN2O4/c1-12(2)26-17-8-6-14(20)9-16(17)19(23)22-21-11-13-5-7-15(24-3)10-18(13)25-4/h5-12H,1-4H3,(H,22,23)/b21-11-. The van der Waals surface area contributed by atoms with Crippen molar-refractivity contribution >= 4 is 28.1 Å². The Labute approximate surface area is 161 Å². The lowest BCUT2D eigenvalue weighted by Gasteiger charge is -2.13. The maximum Gasteiger partial charge on any atom is 0.275 e. The summed E-state index contributed by atoms with van der Waals surface area (Å²) < 4.78 is 16.9. The van der Waals surface area contributed by atoms with Crippen LogP contribution in [0.1, 0.15) is 29.8 Å². The number of hydrazone groups is 1. The molecule has 0 fully saturated rings. The van der Waals surface area contributed by atoms with Gasteiger partial charge in [0.15, 0.2) is 0 Å². The second-order valence-corrected chi connectivity index (χ2v) is 6.53. The lowest BCUT2D eigenvalue weighted by molar-refractivity contribution is 0.0949. The van der Waals surface area contributed by atoms with Crippen molar-refractivity contribution in [2.45, 2.75) is 20.0 Å². The van der Waals surface area contributed by atoms with E-state index in [9.17, 15) is 4.79 Å². The first-order chi connectivity index (χ1) is 12.4. The van der Waals surface area contributed by atoms with E-state index in [4.69, 9.17) is 14.2 Å². The van der Waals surface area contributed by atoms with Gasteiger partial charge in [-0.3, -0.25) is 4.79 Å². The lowest BCUT2D eigenvalue weighted by atomic mass is 10.2. The van der Waals surface area contributed by atoms with E-state index in [1.165, 1.54) is 6.21 Å². The Balaban J connectivity index is 2.16. The number of ether oxygens (including phenoxy) is 3. The van der Waals surface area contributed by atoms with Crippen molar-refractivity contribution < 1.29 is 19.0 Å². The van der Waals surface area contributed by atoms with E-state index in [1.54, 1.807) is 44.6 Å². The molecule has 0 bridgehead atoms. The van der Waals surface area contributed by atoms with E-state index in [2.05, 4.69) is 26.5 Å². The molecule has 0 aliphatic heterocycles. The second kappa shape index (κ2) is 9.24. The molecule has 0 atom stereocenters. The van der Waals surface area contributed by atoms with E-state index < -0.39 is 0 Å². The van der Waals surface area contributed by atoms with Crippen LogP contribution in [0.2, 0.25) is 0 Å². The molecule has 0 unspecified atom stereocenters. The lowest BCUT2D eigenvalue weighted by Crippen LogP contribution is -2.20. The molecule has 26 heavy (non-hydrogen) atoms. The van der Waals surface area contributed by atoms with Gasteiger partial charge in [0.05, 0.1) is 32.1 Å². The number of methoxy groups -OCH3 is 2. The molecule has 0 aliphatic carbocycles. The highest BCUT2D eigenvalue weighted by Gasteiger charge is 2.14. The topological polar surface area (TPSA) is 69.2 Å². The molecule has 0 radical (unpaired) electrons. The molecule has 7 heteroatoms.